The molecule has 1 aliphatic rings. The van der Waals surface area contributed by atoms with E-state index in [0.717, 1.165) is 25.9 Å². The number of nitrogens with zero attached hydrogens (tertiary/aromatic N) is 1. The van der Waals surface area contributed by atoms with Gasteiger partial charge in [0.1, 0.15) is 0 Å². The van der Waals surface area contributed by atoms with Gasteiger partial charge in [0.05, 0.1) is 6.61 Å². The maximum Gasteiger partial charge on any atom is 0.330 e. The predicted octanol–water partition coefficient (Wildman–Crippen LogP) is 1.10. The molecule has 0 aromatic rings. The summed E-state index contributed by atoms with van der Waals surface area (Å²) in [5.41, 5.74) is 0. The number of piperidine rings is 1. The van der Waals surface area contributed by atoms with Gasteiger partial charge in [0, 0.05) is 38.7 Å². The highest BCUT2D eigenvalue weighted by atomic mass is 16.5. The second-order valence-electron chi connectivity index (χ2n) is 4.55. The van der Waals surface area contributed by atoms with Crippen LogP contribution < -0.4 is 5.32 Å². The number of hydrogen-bond donors (Lipinski definition) is 1. The van der Waals surface area contributed by atoms with E-state index < -0.39 is 0 Å². The zero-order valence-corrected chi connectivity index (χ0v) is 11.7. The van der Waals surface area contributed by atoms with Gasteiger partial charge in [0.2, 0.25) is 5.91 Å². The van der Waals surface area contributed by atoms with Gasteiger partial charge < -0.3 is 15.0 Å². The Kier molecular flexibility index (Phi) is 7.89. The SMILES string of the molecule is CCOC(=O)/C=C/CNCCC(=O)N1CCCCC1. The summed E-state index contributed by atoms with van der Waals surface area (Å²) in [4.78, 5) is 24.8. The molecule has 0 atom stereocenters. The maximum atomic E-state index is 11.8. The van der Waals surface area contributed by atoms with Crippen molar-refractivity contribution >= 4 is 11.9 Å². The van der Waals surface area contributed by atoms with E-state index in [0.29, 0.717) is 26.1 Å². The quantitative estimate of drug-likeness (QED) is 0.427. The van der Waals surface area contributed by atoms with Crippen LogP contribution in [0.1, 0.15) is 32.6 Å². The van der Waals surface area contributed by atoms with Gasteiger partial charge in [-0.3, -0.25) is 4.79 Å². The number of nitrogens with one attached hydrogen (secondary N) is 1. The van der Waals surface area contributed by atoms with Crippen LogP contribution in [0.25, 0.3) is 0 Å². The van der Waals surface area contributed by atoms with Crippen molar-refractivity contribution in [1.29, 1.82) is 0 Å². The van der Waals surface area contributed by atoms with Crippen LogP contribution in [-0.2, 0) is 14.3 Å². The van der Waals surface area contributed by atoms with Gasteiger partial charge in [-0.15, -0.1) is 0 Å². The number of rotatable bonds is 7. The van der Waals surface area contributed by atoms with E-state index in [1.54, 1.807) is 13.0 Å². The van der Waals surface area contributed by atoms with E-state index in [-0.39, 0.29) is 11.9 Å². The molecule has 5 nitrogen and oxygen atoms in total. The van der Waals surface area contributed by atoms with Gasteiger partial charge in [0.15, 0.2) is 0 Å². The van der Waals surface area contributed by atoms with Crippen LogP contribution in [0.3, 0.4) is 0 Å². The summed E-state index contributed by atoms with van der Waals surface area (Å²) in [7, 11) is 0. The smallest absolute Gasteiger partial charge is 0.330 e. The third-order valence-corrected chi connectivity index (χ3v) is 3.03. The highest BCUT2D eigenvalue weighted by Gasteiger charge is 2.15. The van der Waals surface area contributed by atoms with E-state index in [4.69, 9.17) is 4.74 Å². The van der Waals surface area contributed by atoms with Crippen LogP contribution in [0.2, 0.25) is 0 Å². The van der Waals surface area contributed by atoms with Gasteiger partial charge in [-0.25, -0.2) is 4.79 Å². The topological polar surface area (TPSA) is 58.6 Å². The van der Waals surface area contributed by atoms with E-state index >= 15 is 0 Å². The fourth-order valence-corrected chi connectivity index (χ4v) is 2.03. The number of esters is 1. The average Bonchev–Trinajstić information content (AvgIpc) is 2.43. The molecule has 1 saturated heterocycles. The largest absolute Gasteiger partial charge is 0.463 e. The van der Waals surface area contributed by atoms with Crippen LogP contribution in [0.5, 0.6) is 0 Å². The van der Waals surface area contributed by atoms with Crippen molar-refractivity contribution < 1.29 is 14.3 Å². The number of likely N-dealkylation sites (tertiary alicyclic amines) is 1. The summed E-state index contributed by atoms with van der Waals surface area (Å²) in [6.07, 6.45) is 7.13. The van der Waals surface area contributed by atoms with Crippen molar-refractivity contribution in [3.8, 4) is 0 Å². The van der Waals surface area contributed by atoms with Crippen LogP contribution in [0.4, 0.5) is 0 Å². The summed E-state index contributed by atoms with van der Waals surface area (Å²) in [6.45, 7) is 5.19. The third-order valence-electron chi connectivity index (χ3n) is 3.03. The van der Waals surface area contributed by atoms with Crippen LogP contribution in [0, 0.1) is 0 Å². The van der Waals surface area contributed by atoms with E-state index in [1.807, 2.05) is 4.90 Å². The monoisotopic (exact) mass is 268 g/mol. The molecule has 0 aliphatic carbocycles. The molecule has 0 radical (unpaired) electrons. The zero-order chi connectivity index (χ0) is 13.9. The Morgan fingerprint density at radius 2 is 2.00 bits per heavy atom. The number of carbonyl (C=O) groups excluding carboxylic acids is 2. The van der Waals surface area contributed by atoms with Crippen LogP contribution in [-0.4, -0.2) is 49.6 Å². The molecule has 1 N–H and O–H groups in total. The second kappa shape index (κ2) is 9.55. The molecule has 0 saturated carbocycles. The van der Waals surface area contributed by atoms with Gasteiger partial charge >= 0.3 is 5.97 Å². The van der Waals surface area contributed by atoms with Crippen molar-refractivity contribution in [3.63, 3.8) is 0 Å². The predicted molar refractivity (Wildman–Crippen MR) is 73.7 cm³/mol. The molecule has 0 aromatic carbocycles. The molecule has 1 amide bonds. The lowest BCUT2D eigenvalue weighted by atomic mass is 10.1. The Morgan fingerprint density at radius 3 is 2.68 bits per heavy atom. The zero-order valence-electron chi connectivity index (χ0n) is 11.7. The highest BCUT2D eigenvalue weighted by molar-refractivity contribution is 5.81. The van der Waals surface area contributed by atoms with E-state index in [9.17, 15) is 9.59 Å². The van der Waals surface area contributed by atoms with Crippen LogP contribution in [0.15, 0.2) is 12.2 Å². The summed E-state index contributed by atoms with van der Waals surface area (Å²) < 4.78 is 4.75. The first-order valence-electron chi connectivity index (χ1n) is 7.06. The molecule has 19 heavy (non-hydrogen) atoms. The minimum atomic E-state index is -0.325. The van der Waals surface area contributed by atoms with Crippen molar-refractivity contribution in [2.45, 2.75) is 32.6 Å². The van der Waals surface area contributed by atoms with Crippen molar-refractivity contribution in [1.82, 2.24) is 10.2 Å². The lowest BCUT2D eigenvalue weighted by Gasteiger charge is -2.26. The Bertz CT molecular complexity index is 310. The Balaban J connectivity index is 2.03. The van der Waals surface area contributed by atoms with Gasteiger partial charge in [-0.05, 0) is 26.2 Å². The molecule has 108 valence electrons. The first-order chi connectivity index (χ1) is 9.24. The molecular formula is C14H24N2O3. The Labute approximate surface area is 115 Å². The number of ether oxygens (including phenoxy) is 1. The Hall–Kier alpha value is -1.36. The second-order valence-corrected chi connectivity index (χ2v) is 4.55. The molecule has 1 heterocycles. The average molecular weight is 268 g/mol. The fourth-order valence-electron chi connectivity index (χ4n) is 2.03. The molecule has 0 unspecified atom stereocenters. The molecule has 0 spiro atoms. The molecule has 5 heteroatoms. The first-order valence-corrected chi connectivity index (χ1v) is 7.06. The Morgan fingerprint density at radius 1 is 1.26 bits per heavy atom. The van der Waals surface area contributed by atoms with Gasteiger partial charge in [-0.2, -0.15) is 0 Å². The lowest BCUT2D eigenvalue weighted by molar-refractivity contribution is -0.137. The minimum Gasteiger partial charge on any atom is -0.463 e. The normalized spacial score (nSPS) is 15.7. The van der Waals surface area contributed by atoms with Crippen molar-refractivity contribution in [3.05, 3.63) is 12.2 Å². The molecule has 0 aromatic heterocycles. The molecule has 1 rings (SSSR count). The maximum absolute atomic E-state index is 11.8. The molecule has 1 fully saturated rings. The summed E-state index contributed by atoms with van der Waals surface area (Å²) in [5, 5.41) is 3.11. The van der Waals surface area contributed by atoms with Crippen molar-refractivity contribution in [2.75, 3.05) is 32.8 Å². The first kappa shape index (κ1) is 15.7. The van der Waals surface area contributed by atoms with E-state index in [2.05, 4.69) is 5.32 Å². The summed E-state index contributed by atoms with van der Waals surface area (Å²) >= 11 is 0. The number of carbonyl (C=O) groups is 2. The van der Waals surface area contributed by atoms with Gasteiger partial charge in [-0.1, -0.05) is 6.08 Å². The van der Waals surface area contributed by atoms with E-state index in [1.165, 1.54) is 12.5 Å². The number of hydrogen-bond acceptors (Lipinski definition) is 4. The third kappa shape index (κ3) is 6.96. The molecule has 1 aliphatic heterocycles. The summed E-state index contributed by atoms with van der Waals surface area (Å²) in [5.74, 6) is -0.102. The number of amides is 1. The fraction of sp³-hybridized carbons (Fsp3) is 0.714. The standard InChI is InChI=1S/C14H24N2O3/c1-2-19-14(18)7-6-9-15-10-8-13(17)16-11-4-3-5-12-16/h6-7,15H,2-5,8-12H2,1H3/b7-6+. The minimum absolute atomic E-state index is 0.224. The molecular weight excluding hydrogens is 244 g/mol. The lowest BCUT2D eigenvalue weighted by Crippen LogP contribution is -2.37. The molecule has 0 bridgehead atoms. The van der Waals surface area contributed by atoms with Gasteiger partial charge in [0.25, 0.3) is 0 Å². The summed E-state index contributed by atoms with van der Waals surface area (Å²) in [6, 6.07) is 0. The highest BCUT2D eigenvalue weighted by Crippen LogP contribution is 2.09. The van der Waals surface area contributed by atoms with Crippen molar-refractivity contribution in [2.24, 2.45) is 0 Å². The van der Waals surface area contributed by atoms with Crippen LogP contribution >= 0.6 is 0 Å².